The zero-order valence-electron chi connectivity index (χ0n) is 18.3. The third kappa shape index (κ3) is 7.13. The highest BCUT2D eigenvalue weighted by atomic mass is 16.5. The fourth-order valence-corrected chi connectivity index (χ4v) is 3.81. The topological polar surface area (TPSA) is 112 Å². The van der Waals surface area contributed by atoms with Crippen LogP contribution in [0, 0.1) is 5.92 Å². The van der Waals surface area contributed by atoms with Gasteiger partial charge in [-0.25, -0.2) is 9.59 Å². The Balaban J connectivity index is 1.45. The maximum atomic E-state index is 12.7. The van der Waals surface area contributed by atoms with Crippen LogP contribution in [0.5, 0.6) is 0 Å². The van der Waals surface area contributed by atoms with Gasteiger partial charge in [0.1, 0.15) is 0 Å². The van der Waals surface area contributed by atoms with Gasteiger partial charge in [0.05, 0.1) is 12.0 Å². The minimum Gasteiger partial charge on any atom is -0.376 e. The molecule has 2 atom stereocenters. The highest BCUT2D eigenvalue weighted by Crippen LogP contribution is 2.19. The fraction of sp³-hybridized carbons (Fsp3) is 0.591. The Morgan fingerprint density at radius 2 is 1.77 bits per heavy atom. The van der Waals surface area contributed by atoms with Crippen LogP contribution in [-0.4, -0.2) is 61.3 Å². The molecule has 2 aliphatic heterocycles. The van der Waals surface area contributed by atoms with Crippen LogP contribution in [0.2, 0.25) is 0 Å². The molecule has 0 saturated carbocycles. The third-order valence-electron chi connectivity index (χ3n) is 5.42. The maximum absolute atomic E-state index is 12.7. The standard InChI is InChI=1S/C22H33N5O4/c1-15(2)24-21(29)25-17-7-9-18(10-8-17)26-22(30)27-11-3-5-16(14-27)20(28)23-13-19-6-4-12-31-19/h7-10,15-16,19H,3-6,11-14H2,1-2H3,(H,23,28)(H,26,30)(H2,24,25,29)/t16-,19+/m0/s1. The second-order valence-electron chi connectivity index (χ2n) is 8.43. The van der Waals surface area contributed by atoms with Gasteiger partial charge in [-0.05, 0) is 63.8 Å². The lowest BCUT2D eigenvalue weighted by molar-refractivity contribution is -0.126. The molecule has 0 unspecified atom stereocenters. The van der Waals surface area contributed by atoms with Gasteiger partial charge in [0, 0.05) is 43.7 Å². The smallest absolute Gasteiger partial charge is 0.321 e. The van der Waals surface area contributed by atoms with E-state index in [1.165, 1.54) is 0 Å². The number of hydrogen-bond acceptors (Lipinski definition) is 4. The monoisotopic (exact) mass is 431 g/mol. The number of anilines is 2. The summed E-state index contributed by atoms with van der Waals surface area (Å²) in [6.45, 7) is 6.10. The molecule has 31 heavy (non-hydrogen) atoms. The fourth-order valence-electron chi connectivity index (χ4n) is 3.81. The van der Waals surface area contributed by atoms with Crippen molar-refractivity contribution in [2.45, 2.75) is 51.7 Å². The molecule has 2 heterocycles. The number of ether oxygens (including phenoxy) is 1. The largest absolute Gasteiger partial charge is 0.376 e. The van der Waals surface area contributed by atoms with E-state index in [0.717, 1.165) is 32.3 Å². The summed E-state index contributed by atoms with van der Waals surface area (Å²) in [6, 6.07) is 6.47. The molecule has 0 radical (unpaired) electrons. The number of hydrogen-bond donors (Lipinski definition) is 4. The molecule has 2 saturated heterocycles. The van der Waals surface area contributed by atoms with Gasteiger partial charge >= 0.3 is 12.1 Å². The number of piperidine rings is 1. The van der Waals surface area contributed by atoms with E-state index in [-0.39, 0.29) is 36.0 Å². The van der Waals surface area contributed by atoms with Crippen molar-refractivity contribution in [3.8, 4) is 0 Å². The molecule has 0 spiro atoms. The average molecular weight is 432 g/mol. The Kier molecular flexibility index (Phi) is 8.11. The Labute approximate surface area is 183 Å². The maximum Gasteiger partial charge on any atom is 0.321 e. The molecule has 170 valence electrons. The lowest BCUT2D eigenvalue weighted by Gasteiger charge is -2.32. The van der Waals surface area contributed by atoms with Crippen LogP contribution >= 0.6 is 0 Å². The molecule has 2 aliphatic rings. The molecular formula is C22H33N5O4. The molecule has 0 aliphatic carbocycles. The second kappa shape index (κ2) is 11.0. The Bertz CT molecular complexity index is 762. The van der Waals surface area contributed by atoms with Crippen LogP contribution in [0.15, 0.2) is 24.3 Å². The van der Waals surface area contributed by atoms with Crippen LogP contribution in [0.1, 0.15) is 39.5 Å². The number of likely N-dealkylation sites (tertiary alicyclic amines) is 1. The summed E-state index contributed by atoms with van der Waals surface area (Å²) in [6.07, 6.45) is 3.70. The molecule has 0 bridgehead atoms. The Morgan fingerprint density at radius 3 is 2.42 bits per heavy atom. The van der Waals surface area contributed by atoms with E-state index in [1.807, 2.05) is 13.8 Å². The summed E-state index contributed by atoms with van der Waals surface area (Å²) in [5.74, 6) is -0.213. The summed E-state index contributed by atoms with van der Waals surface area (Å²) < 4.78 is 5.55. The Morgan fingerprint density at radius 1 is 1.06 bits per heavy atom. The number of urea groups is 2. The van der Waals surface area contributed by atoms with Crippen molar-refractivity contribution in [3.63, 3.8) is 0 Å². The van der Waals surface area contributed by atoms with Crippen molar-refractivity contribution in [3.05, 3.63) is 24.3 Å². The van der Waals surface area contributed by atoms with Crippen molar-refractivity contribution in [2.24, 2.45) is 5.92 Å². The first-order valence-electron chi connectivity index (χ1n) is 11.0. The van der Waals surface area contributed by atoms with E-state index in [1.54, 1.807) is 29.2 Å². The van der Waals surface area contributed by atoms with Gasteiger partial charge < -0.3 is 30.9 Å². The molecule has 1 aromatic carbocycles. The molecule has 4 N–H and O–H groups in total. The van der Waals surface area contributed by atoms with Crippen LogP contribution in [0.3, 0.4) is 0 Å². The van der Waals surface area contributed by atoms with Gasteiger partial charge in [0.2, 0.25) is 5.91 Å². The SMILES string of the molecule is CC(C)NC(=O)Nc1ccc(NC(=O)N2CCC[C@H](C(=O)NC[C@H]3CCCO3)C2)cc1. The quantitative estimate of drug-likeness (QED) is 0.555. The van der Waals surface area contributed by atoms with Crippen LogP contribution < -0.4 is 21.3 Å². The second-order valence-corrected chi connectivity index (χ2v) is 8.43. The van der Waals surface area contributed by atoms with Gasteiger partial charge in [0.15, 0.2) is 0 Å². The molecule has 2 fully saturated rings. The number of rotatable bonds is 6. The normalized spacial score (nSPS) is 20.9. The van der Waals surface area contributed by atoms with E-state index in [9.17, 15) is 14.4 Å². The Hall–Kier alpha value is -2.81. The van der Waals surface area contributed by atoms with E-state index >= 15 is 0 Å². The van der Waals surface area contributed by atoms with Gasteiger partial charge in [-0.1, -0.05) is 0 Å². The summed E-state index contributed by atoms with van der Waals surface area (Å²) in [5, 5.41) is 11.3. The zero-order chi connectivity index (χ0) is 22.2. The summed E-state index contributed by atoms with van der Waals surface area (Å²) in [7, 11) is 0. The van der Waals surface area contributed by atoms with Gasteiger partial charge in [-0.15, -0.1) is 0 Å². The first-order chi connectivity index (χ1) is 14.9. The van der Waals surface area contributed by atoms with E-state index in [0.29, 0.717) is 31.0 Å². The molecule has 3 rings (SSSR count). The minimum atomic E-state index is -0.274. The highest BCUT2D eigenvalue weighted by Gasteiger charge is 2.29. The lowest BCUT2D eigenvalue weighted by atomic mass is 9.97. The van der Waals surface area contributed by atoms with Gasteiger partial charge in [0.25, 0.3) is 0 Å². The van der Waals surface area contributed by atoms with Crippen LogP contribution in [0.25, 0.3) is 0 Å². The van der Waals surface area contributed by atoms with Crippen molar-refractivity contribution in [1.82, 2.24) is 15.5 Å². The highest BCUT2D eigenvalue weighted by molar-refractivity contribution is 5.92. The van der Waals surface area contributed by atoms with Gasteiger partial charge in [-0.2, -0.15) is 0 Å². The van der Waals surface area contributed by atoms with E-state index < -0.39 is 0 Å². The number of nitrogens with zero attached hydrogens (tertiary/aromatic N) is 1. The van der Waals surface area contributed by atoms with Crippen LogP contribution in [-0.2, 0) is 9.53 Å². The number of carbonyl (C=O) groups is 3. The lowest BCUT2D eigenvalue weighted by Crippen LogP contribution is -2.47. The molecular weight excluding hydrogens is 398 g/mol. The van der Waals surface area contributed by atoms with Crippen molar-refractivity contribution < 1.29 is 19.1 Å². The van der Waals surface area contributed by atoms with E-state index in [4.69, 9.17) is 4.74 Å². The van der Waals surface area contributed by atoms with Crippen LogP contribution in [0.4, 0.5) is 21.0 Å². The molecule has 9 nitrogen and oxygen atoms in total. The zero-order valence-corrected chi connectivity index (χ0v) is 18.3. The van der Waals surface area contributed by atoms with Gasteiger partial charge in [-0.3, -0.25) is 4.79 Å². The third-order valence-corrected chi connectivity index (χ3v) is 5.42. The van der Waals surface area contributed by atoms with Crippen molar-refractivity contribution in [1.29, 1.82) is 0 Å². The minimum absolute atomic E-state index is 0.0110. The predicted molar refractivity (Wildman–Crippen MR) is 119 cm³/mol. The number of benzene rings is 1. The summed E-state index contributed by atoms with van der Waals surface area (Å²) >= 11 is 0. The van der Waals surface area contributed by atoms with Crippen molar-refractivity contribution in [2.75, 3.05) is 36.9 Å². The average Bonchev–Trinajstić information content (AvgIpc) is 3.26. The number of carbonyl (C=O) groups excluding carboxylic acids is 3. The molecule has 9 heteroatoms. The summed E-state index contributed by atoms with van der Waals surface area (Å²) in [4.78, 5) is 38.6. The van der Waals surface area contributed by atoms with Crippen molar-refractivity contribution >= 4 is 29.3 Å². The molecule has 0 aromatic heterocycles. The summed E-state index contributed by atoms with van der Waals surface area (Å²) in [5.41, 5.74) is 1.27. The number of amides is 5. The molecule has 1 aromatic rings. The number of nitrogens with one attached hydrogen (secondary N) is 4. The first kappa shape index (κ1) is 22.9. The van der Waals surface area contributed by atoms with E-state index in [2.05, 4.69) is 21.3 Å². The first-order valence-corrected chi connectivity index (χ1v) is 11.0. The molecule has 5 amide bonds. The predicted octanol–water partition coefficient (Wildman–Crippen LogP) is 2.76.